The lowest BCUT2D eigenvalue weighted by molar-refractivity contribution is -0.131. The Balaban J connectivity index is 1.83. The predicted octanol–water partition coefficient (Wildman–Crippen LogP) is 1.26. The van der Waals surface area contributed by atoms with E-state index in [2.05, 4.69) is 4.72 Å². The standard InChI is InChI=1S/C17H19N2O4S/c20-12-16(17(21)19-9-3-4-10-19)18-24(22,23)15-8-7-13-5-1-2-6-14(13)11-15/h1-2,5-9,11,16,18,20H,3-4,10,12H2. The van der Waals surface area contributed by atoms with Crippen molar-refractivity contribution in [3.05, 3.63) is 49.0 Å². The lowest BCUT2D eigenvalue weighted by atomic mass is 10.1. The Labute approximate surface area is 141 Å². The molecule has 6 nitrogen and oxygen atoms in total. The Kier molecular flexibility index (Phi) is 4.84. The second-order valence-corrected chi connectivity index (χ2v) is 7.44. The van der Waals surface area contributed by atoms with E-state index in [9.17, 15) is 18.3 Å². The summed E-state index contributed by atoms with van der Waals surface area (Å²) in [5.41, 5.74) is 0. The molecule has 1 heterocycles. The van der Waals surface area contributed by atoms with Crippen molar-refractivity contribution < 1.29 is 18.3 Å². The van der Waals surface area contributed by atoms with Gasteiger partial charge >= 0.3 is 0 Å². The van der Waals surface area contributed by atoms with E-state index in [1.165, 1.54) is 11.0 Å². The third kappa shape index (κ3) is 3.43. The number of likely N-dealkylation sites (tertiary alicyclic amines) is 1. The minimum atomic E-state index is -3.91. The fraction of sp³-hybridized carbons (Fsp3) is 0.294. The van der Waals surface area contributed by atoms with Gasteiger partial charge in [-0.05, 0) is 35.7 Å². The fourth-order valence-electron chi connectivity index (χ4n) is 2.76. The van der Waals surface area contributed by atoms with Crippen LogP contribution in [0.2, 0.25) is 0 Å². The number of fused-ring (bicyclic) bond motifs is 1. The Morgan fingerprint density at radius 1 is 1.21 bits per heavy atom. The van der Waals surface area contributed by atoms with E-state index in [1.807, 2.05) is 24.3 Å². The van der Waals surface area contributed by atoms with E-state index < -0.39 is 28.6 Å². The molecular weight excluding hydrogens is 328 g/mol. The van der Waals surface area contributed by atoms with Crippen LogP contribution in [0.25, 0.3) is 10.8 Å². The maximum Gasteiger partial charge on any atom is 0.243 e. The summed E-state index contributed by atoms with van der Waals surface area (Å²) in [7, 11) is -3.91. The zero-order chi connectivity index (χ0) is 17.2. The molecule has 0 aromatic heterocycles. The molecule has 1 saturated heterocycles. The molecular formula is C17H19N2O4S. The van der Waals surface area contributed by atoms with Crippen molar-refractivity contribution in [3.63, 3.8) is 0 Å². The van der Waals surface area contributed by atoms with Crippen LogP contribution >= 0.6 is 0 Å². The summed E-state index contributed by atoms with van der Waals surface area (Å²) in [5, 5.41) is 11.2. The van der Waals surface area contributed by atoms with Gasteiger partial charge in [-0.2, -0.15) is 4.72 Å². The zero-order valence-electron chi connectivity index (χ0n) is 13.1. The van der Waals surface area contributed by atoms with Gasteiger partial charge in [0, 0.05) is 6.54 Å². The van der Waals surface area contributed by atoms with Crippen LogP contribution in [0.4, 0.5) is 0 Å². The first-order chi connectivity index (χ1) is 11.5. The molecule has 1 aliphatic rings. The largest absolute Gasteiger partial charge is 0.394 e. The highest BCUT2D eigenvalue weighted by molar-refractivity contribution is 7.89. The number of amides is 1. The van der Waals surface area contributed by atoms with Gasteiger partial charge in [-0.25, -0.2) is 8.42 Å². The summed E-state index contributed by atoms with van der Waals surface area (Å²) in [6.07, 6.45) is 1.63. The number of nitrogens with one attached hydrogen (secondary N) is 1. The number of aliphatic hydroxyl groups excluding tert-OH is 1. The maximum absolute atomic E-state index is 12.6. The van der Waals surface area contributed by atoms with Gasteiger partial charge in [0.25, 0.3) is 0 Å². The van der Waals surface area contributed by atoms with E-state index >= 15 is 0 Å². The smallest absolute Gasteiger partial charge is 0.243 e. The van der Waals surface area contributed by atoms with Crippen molar-refractivity contribution in [1.29, 1.82) is 0 Å². The third-order valence-electron chi connectivity index (χ3n) is 4.05. The molecule has 2 aromatic carbocycles. The summed E-state index contributed by atoms with van der Waals surface area (Å²) >= 11 is 0. The topological polar surface area (TPSA) is 86.7 Å². The highest BCUT2D eigenvalue weighted by Gasteiger charge is 2.30. The van der Waals surface area contributed by atoms with Crippen LogP contribution in [0.15, 0.2) is 47.4 Å². The summed E-state index contributed by atoms with van der Waals surface area (Å²) in [6.45, 7) is 1.69. The molecule has 3 rings (SSSR count). The van der Waals surface area contributed by atoms with Crippen molar-refractivity contribution in [1.82, 2.24) is 9.62 Å². The van der Waals surface area contributed by atoms with Crippen LogP contribution in [0.5, 0.6) is 0 Å². The Morgan fingerprint density at radius 3 is 2.62 bits per heavy atom. The van der Waals surface area contributed by atoms with Crippen LogP contribution in [0.1, 0.15) is 12.8 Å². The number of hydrogen-bond donors (Lipinski definition) is 2. The molecule has 1 amide bonds. The molecule has 1 aliphatic heterocycles. The minimum Gasteiger partial charge on any atom is -0.394 e. The average molecular weight is 347 g/mol. The molecule has 1 unspecified atom stereocenters. The number of benzene rings is 2. The zero-order valence-corrected chi connectivity index (χ0v) is 13.9. The number of sulfonamides is 1. The van der Waals surface area contributed by atoms with E-state index in [4.69, 9.17) is 0 Å². The molecule has 2 N–H and O–H groups in total. The molecule has 0 saturated carbocycles. The van der Waals surface area contributed by atoms with E-state index in [0.717, 1.165) is 23.6 Å². The SMILES string of the molecule is O=C(C(CO)NS(=O)(=O)c1ccc2ccccc2c1)N1[CH]CCC1. The molecule has 1 fully saturated rings. The van der Waals surface area contributed by atoms with E-state index in [0.29, 0.717) is 6.54 Å². The van der Waals surface area contributed by atoms with Crippen LogP contribution in [-0.2, 0) is 14.8 Å². The van der Waals surface area contributed by atoms with Gasteiger partial charge in [0.1, 0.15) is 6.04 Å². The first-order valence-corrected chi connectivity index (χ1v) is 9.25. The molecule has 1 radical (unpaired) electrons. The summed E-state index contributed by atoms with van der Waals surface area (Å²) in [4.78, 5) is 13.8. The highest BCUT2D eigenvalue weighted by Crippen LogP contribution is 2.20. The van der Waals surface area contributed by atoms with Gasteiger partial charge in [0.05, 0.1) is 18.0 Å². The van der Waals surface area contributed by atoms with E-state index in [-0.39, 0.29) is 4.90 Å². The molecule has 0 bridgehead atoms. The van der Waals surface area contributed by atoms with Crippen LogP contribution in [0, 0.1) is 6.54 Å². The van der Waals surface area contributed by atoms with Gasteiger partial charge < -0.3 is 10.0 Å². The summed E-state index contributed by atoms with van der Waals surface area (Å²) in [6, 6.07) is 11.0. The van der Waals surface area contributed by atoms with Gasteiger partial charge in [-0.3, -0.25) is 4.79 Å². The second kappa shape index (κ2) is 6.88. The molecule has 1 atom stereocenters. The lowest BCUT2D eigenvalue weighted by Gasteiger charge is -2.22. The van der Waals surface area contributed by atoms with Gasteiger partial charge in [0.15, 0.2) is 0 Å². The fourth-order valence-corrected chi connectivity index (χ4v) is 3.97. The van der Waals surface area contributed by atoms with Crippen molar-refractivity contribution in [3.8, 4) is 0 Å². The molecule has 24 heavy (non-hydrogen) atoms. The molecule has 0 spiro atoms. The number of carbonyl (C=O) groups is 1. The minimum absolute atomic E-state index is 0.0675. The summed E-state index contributed by atoms with van der Waals surface area (Å²) < 4.78 is 27.4. The van der Waals surface area contributed by atoms with Crippen molar-refractivity contribution in [2.45, 2.75) is 23.8 Å². The van der Waals surface area contributed by atoms with Gasteiger partial charge in [0.2, 0.25) is 15.9 Å². The Bertz CT molecular complexity index is 845. The number of aliphatic hydroxyl groups is 1. The lowest BCUT2D eigenvalue weighted by Crippen LogP contribution is -2.48. The van der Waals surface area contributed by atoms with E-state index in [1.54, 1.807) is 18.7 Å². The monoisotopic (exact) mass is 347 g/mol. The second-order valence-electron chi connectivity index (χ2n) is 5.72. The maximum atomic E-state index is 12.6. The number of rotatable bonds is 5. The van der Waals surface area contributed by atoms with Gasteiger partial charge in [-0.1, -0.05) is 30.3 Å². The van der Waals surface area contributed by atoms with Crippen LogP contribution in [0.3, 0.4) is 0 Å². The molecule has 127 valence electrons. The number of hydrogen-bond acceptors (Lipinski definition) is 4. The predicted molar refractivity (Wildman–Crippen MR) is 90.4 cm³/mol. The highest BCUT2D eigenvalue weighted by atomic mass is 32.2. The van der Waals surface area contributed by atoms with Crippen molar-refractivity contribution >= 4 is 26.7 Å². The average Bonchev–Trinajstić information content (AvgIpc) is 3.13. The normalized spacial score (nSPS) is 16.5. The first-order valence-electron chi connectivity index (χ1n) is 7.77. The third-order valence-corrected chi connectivity index (χ3v) is 5.51. The van der Waals surface area contributed by atoms with Gasteiger partial charge in [-0.15, -0.1) is 0 Å². The van der Waals surface area contributed by atoms with Crippen molar-refractivity contribution in [2.24, 2.45) is 0 Å². The Morgan fingerprint density at radius 2 is 1.96 bits per heavy atom. The van der Waals surface area contributed by atoms with Crippen molar-refractivity contribution in [2.75, 3.05) is 13.2 Å². The molecule has 7 heteroatoms. The summed E-state index contributed by atoms with van der Waals surface area (Å²) in [5.74, 6) is -0.431. The Hall–Kier alpha value is -1.96. The first kappa shape index (κ1) is 16.9. The quantitative estimate of drug-likeness (QED) is 0.853. The number of carbonyl (C=O) groups excluding carboxylic acids is 1. The molecule has 2 aromatic rings. The molecule has 0 aliphatic carbocycles. The van der Waals surface area contributed by atoms with Crippen LogP contribution in [-0.4, -0.2) is 43.5 Å². The number of nitrogens with zero attached hydrogens (tertiary/aromatic N) is 1. The van der Waals surface area contributed by atoms with Crippen LogP contribution < -0.4 is 4.72 Å².